The van der Waals surface area contributed by atoms with Crippen molar-refractivity contribution >= 4 is 29.1 Å². The first-order valence-corrected chi connectivity index (χ1v) is 9.29. The third kappa shape index (κ3) is 4.59. The second-order valence-corrected chi connectivity index (χ2v) is 7.01. The standard InChI is InChI=1S/C23H21ClN2O2/c1-16-12-13-18(14-21(16)25-22(27)17-8-4-3-5-9-17)23(28)26(2)15-19-10-6-7-11-20(19)24/h3-14H,15H2,1-2H3,(H,25,27). The van der Waals surface area contributed by atoms with Crippen molar-refractivity contribution in [2.24, 2.45) is 0 Å². The number of halogens is 1. The van der Waals surface area contributed by atoms with Crippen LogP contribution in [-0.4, -0.2) is 23.8 Å². The zero-order chi connectivity index (χ0) is 20.1. The van der Waals surface area contributed by atoms with Crippen LogP contribution in [-0.2, 0) is 6.54 Å². The van der Waals surface area contributed by atoms with Gasteiger partial charge in [0.15, 0.2) is 0 Å². The highest BCUT2D eigenvalue weighted by molar-refractivity contribution is 6.31. The maximum atomic E-state index is 12.8. The Morgan fingerprint density at radius 2 is 1.61 bits per heavy atom. The Bertz CT molecular complexity index is 1000. The summed E-state index contributed by atoms with van der Waals surface area (Å²) >= 11 is 6.20. The van der Waals surface area contributed by atoms with Gasteiger partial charge in [0.1, 0.15) is 0 Å². The second kappa shape index (κ2) is 8.72. The number of aryl methyl sites for hydroxylation is 1. The molecule has 0 aromatic heterocycles. The van der Waals surface area contributed by atoms with Crippen molar-refractivity contribution in [3.63, 3.8) is 0 Å². The van der Waals surface area contributed by atoms with Gasteiger partial charge in [-0.15, -0.1) is 0 Å². The van der Waals surface area contributed by atoms with Gasteiger partial charge in [0.2, 0.25) is 0 Å². The van der Waals surface area contributed by atoms with Gasteiger partial charge in [0, 0.05) is 35.4 Å². The average molecular weight is 393 g/mol. The van der Waals surface area contributed by atoms with Crippen molar-refractivity contribution in [3.8, 4) is 0 Å². The lowest BCUT2D eigenvalue weighted by Gasteiger charge is -2.19. The Morgan fingerprint density at radius 1 is 0.929 bits per heavy atom. The number of carbonyl (C=O) groups is 2. The maximum absolute atomic E-state index is 12.8. The quantitative estimate of drug-likeness (QED) is 0.650. The van der Waals surface area contributed by atoms with Crippen molar-refractivity contribution in [1.29, 1.82) is 0 Å². The molecule has 0 saturated heterocycles. The van der Waals surface area contributed by atoms with Crippen LogP contribution >= 0.6 is 11.6 Å². The first-order valence-electron chi connectivity index (χ1n) is 8.91. The number of hydrogen-bond acceptors (Lipinski definition) is 2. The van der Waals surface area contributed by atoms with Crippen LogP contribution in [0.3, 0.4) is 0 Å². The van der Waals surface area contributed by atoms with E-state index in [9.17, 15) is 9.59 Å². The first-order chi connectivity index (χ1) is 13.5. The van der Waals surface area contributed by atoms with Gasteiger partial charge in [0.25, 0.3) is 11.8 Å². The Morgan fingerprint density at radius 3 is 2.32 bits per heavy atom. The van der Waals surface area contributed by atoms with Gasteiger partial charge in [0.05, 0.1) is 0 Å². The van der Waals surface area contributed by atoms with E-state index in [2.05, 4.69) is 5.32 Å². The molecule has 1 N–H and O–H groups in total. The molecule has 0 fully saturated rings. The van der Waals surface area contributed by atoms with E-state index < -0.39 is 0 Å². The third-order valence-corrected chi connectivity index (χ3v) is 4.85. The van der Waals surface area contributed by atoms with E-state index >= 15 is 0 Å². The Kier molecular flexibility index (Phi) is 6.12. The van der Waals surface area contributed by atoms with E-state index in [0.717, 1.165) is 11.1 Å². The summed E-state index contributed by atoms with van der Waals surface area (Å²) in [4.78, 5) is 26.9. The van der Waals surface area contributed by atoms with Crippen LogP contribution in [0, 0.1) is 6.92 Å². The molecule has 0 aliphatic heterocycles. The van der Waals surface area contributed by atoms with Gasteiger partial charge in [-0.25, -0.2) is 0 Å². The normalized spacial score (nSPS) is 10.4. The predicted octanol–water partition coefficient (Wildman–Crippen LogP) is 5.17. The topological polar surface area (TPSA) is 49.4 Å². The molecule has 0 radical (unpaired) electrons. The van der Waals surface area contributed by atoms with Gasteiger partial charge >= 0.3 is 0 Å². The second-order valence-electron chi connectivity index (χ2n) is 6.60. The van der Waals surface area contributed by atoms with Crippen molar-refractivity contribution in [2.75, 3.05) is 12.4 Å². The molecular weight excluding hydrogens is 372 g/mol. The minimum Gasteiger partial charge on any atom is -0.337 e. The molecule has 3 rings (SSSR count). The third-order valence-electron chi connectivity index (χ3n) is 4.48. The smallest absolute Gasteiger partial charge is 0.255 e. The largest absolute Gasteiger partial charge is 0.337 e. The van der Waals surface area contributed by atoms with E-state index in [1.807, 2.05) is 49.4 Å². The van der Waals surface area contributed by atoms with Crippen molar-refractivity contribution < 1.29 is 9.59 Å². The summed E-state index contributed by atoms with van der Waals surface area (Å²) in [6, 6.07) is 21.7. The lowest BCUT2D eigenvalue weighted by molar-refractivity contribution is 0.0785. The average Bonchev–Trinajstić information content (AvgIpc) is 2.71. The molecule has 0 atom stereocenters. The molecule has 3 aromatic carbocycles. The zero-order valence-electron chi connectivity index (χ0n) is 15.8. The molecule has 4 nitrogen and oxygen atoms in total. The van der Waals surface area contributed by atoms with Crippen molar-refractivity contribution in [3.05, 3.63) is 100 Å². The number of nitrogens with zero attached hydrogens (tertiary/aromatic N) is 1. The van der Waals surface area contributed by atoms with Crippen LogP contribution in [0.1, 0.15) is 31.8 Å². The van der Waals surface area contributed by atoms with Gasteiger partial charge in [-0.2, -0.15) is 0 Å². The minimum atomic E-state index is -0.210. The van der Waals surface area contributed by atoms with E-state index in [1.54, 1.807) is 42.3 Å². The molecular formula is C23H21ClN2O2. The molecule has 3 aromatic rings. The molecule has 2 amide bonds. The fourth-order valence-corrected chi connectivity index (χ4v) is 3.04. The van der Waals surface area contributed by atoms with Crippen LogP contribution in [0.5, 0.6) is 0 Å². The fourth-order valence-electron chi connectivity index (χ4n) is 2.85. The molecule has 0 aliphatic carbocycles. The summed E-state index contributed by atoms with van der Waals surface area (Å²) in [5, 5.41) is 3.52. The summed E-state index contributed by atoms with van der Waals surface area (Å²) in [6.07, 6.45) is 0. The Hall–Kier alpha value is -3.11. The predicted molar refractivity (Wildman–Crippen MR) is 113 cm³/mol. The molecule has 5 heteroatoms. The van der Waals surface area contributed by atoms with Crippen LogP contribution in [0.2, 0.25) is 5.02 Å². The minimum absolute atomic E-state index is 0.143. The number of anilines is 1. The van der Waals surface area contributed by atoms with Gasteiger partial charge in [-0.05, 0) is 48.4 Å². The van der Waals surface area contributed by atoms with Crippen LogP contribution in [0.25, 0.3) is 0 Å². The van der Waals surface area contributed by atoms with Crippen LogP contribution in [0.4, 0.5) is 5.69 Å². The SMILES string of the molecule is Cc1ccc(C(=O)N(C)Cc2ccccc2Cl)cc1NC(=O)c1ccccc1. The molecule has 0 bridgehead atoms. The van der Waals surface area contributed by atoms with Gasteiger partial charge < -0.3 is 10.2 Å². The lowest BCUT2D eigenvalue weighted by atomic mass is 10.1. The Balaban J connectivity index is 1.77. The molecule has 0 unspecified atom stereocenters. The van der Waals surface area contributed by atoms with E-state index in [-0.39, 0.29) is 11.8 Å². The summed E-state index contributed by atoms with van der Waals surface area (Å²) < 4.78 is 0. The van der Waals surface area contributed by atoms with Crippen molar-refractivity contribution in [2.45, 2.75) is 13.5 Å². The summed E-state index contributed by atoms with van der Waals surface area (Å²) in [6.45, 7) is 2.29. The number of hydrogen-bond donors (Lipinski definition) is 1. The van der Waals surface area contributed by atoms with Gasteiger partial charge in [-0.3, -0.25) is 9.59 Å². The maximum Gasteiger partial charge on any atom is 0.255 e. The van der Waals surface area contributed by atoms with Crippen molar-refractivity contribution in [1.82, 2.24) is 4.90 Å². The molecule has 142 valence electrons. The first kappa shape index (κ1) is 19.6. The number of amides is 2. The fraction of sp³-hybridized carbons (Fsp3) is 0.130. The summed E-state index contributed by atoms with van der Waals surface area (Å²) in [5.74, 6) is -0.354. The Labute approximate surface area is 169 Å². The molecule has 0 spiro atoms. The number of carbonyl (C=O) groups excluding carboxylic acids is 2. The lowest BCUT2D eigenvalue weighted by Crippen LogP contribution is -2.26. The highest BCUT2D eigenvalue weighted by Crippen LogP contribution is 2.21. The molecule has 28 heavy (non-hydrogen) atoms. The number of nitrogens with one attached hydrogen (secondary N) is 1. The zero-order valence-corrected chi connectivity index (χ0v) is 16.5. The highest BCUT2D eigenvalue weighted by atomic mass is 35.5. The monoisotopic (exact) mass is 392 g/mol. The highest BCUT2D eigenvalue weighted by Gasteiger charge is 2.15. The van der Waals surface area contributed by atoms with Gasteiger partial charge in [-0.1, -0.05) is 54.1 Å². The van der Waals surface area contributed by atoms with Crippen LogP contribution in [0.15, 0.2) is 72.8 Å². The molecule has 0 heterocycles. The summed E-state index contributed by atoms with van der Waals surface area (Å²) in [5.41, 5.74) is 3.45. The van der Waals surface area contributed by atoms with E-state index in [1.165, 1.54) is 0 Å². The molecule has 0 saturated carbocycles. The van der Waals surface area contributed by atoms with E-state index in [4.69, 9.17) is 11.6 Å². The van der Waals surface area contributed by atoms with E-state index in [0.29, 0.717) is 28.4 Å². The molecule has 0 aliphatic rings. The number of rotatable bonds is 5. The number of benzene rings is 3. The summed E-state index contributed by atoms with van der Waals surface area (Å²) in [7, 11) is 1.73. The van der Waals surface area contributed by atoms with Crippen LogP contribution < -0.4 is 5.32 Å².